The first-order chi connectivity index (χ1) is 8.72. The van der Waals surface area contributed by atoms with E-state index in [-0.39, 0.29) is 0 Å². The van der Waals surface area contributed by atoms with Crippen LogP contribution in [0.5, 0.6) is 0 Å². The highest BCUT2D eigenvalue weighted by Gasteiger charge is 2.24. The molecule has 0 fully saturated rings. The molecule has 1 aromatic heterocycles. The molecule has 0 radical (unpaired) electrons. The van der Waals surface area contributed by atoms with Crippen molar-refractivity contribution in [3.8, 4) is 0 Å². The van der Waals surface area contributed by atoms with E-state index in [0.717, 1.165) is 22.3 Å². The first-order valence-corrected chi connectivity index (χ1v) is 7.55. The van der Waals surface area contributed by atoms with Crippen molar-refractivity contribution >= 4 is 34.5 Å². The predicted octanol–water partition coefficient (Wildman–Crippen LogP) is 4.83. The van der Waals surface area contributed by atoms with Gasteiger partial charge in [0.25, 0.3) is 0 Å². The zero-order valence-corrected chi connectivity index (χ0v) is 12.1. The summed E-state index contributed by atoms with van der Waals surface area (Å²) in [6.07, 6.45) is 2.32. The molecule has 4 heteroatoms. The highest BCUT2D eigenvalue weighted by molar-refractivity contribution is 7.16. The lowest BCUT2D eigenvalue weighted by Gasteiger charge is -2.12. The van der Waals surface area contributed by atoms with Crippen molar-refractivity contribution in [3.05, 3.63) is 55.7 Å². The normalized spacial score (nSPS) is 18.0. The van der Waals surface area contributed by atoms with Crippen LogP contribution in [0.4, 0.5) is 0 Å². The molecule has 3 rings (SSSR count). The van der Waals surface area contributed by atoms with Gasteiger partial charge in [-0.2, -0.15) is 0 Å². The molecular formula is C14H13Cl2NS. The Morgan fingerprint density at radius 1 is 1.22 bits per heavy atom. The fourth-order valence-electron chi connectivity index (χ4n) is 2.39. The van der Waals surface area contributed by atoms with Gasteiger partial charge in [0.15, 0.2) is 0 Å². The fourth-order valence-corrected chi connectivity index (χ4v) is 3.87. The van der Waals surface area contributed by atoms with Gasteiger partial charge >= 0.3 is 0 Å². The molecule has 1 N–H and O–H groups in total. The van der Waals surface area contributed by atoms with Crippen LogP contribution in [0.15, 0.2) is 30.3 Å². The Bertz CT molecular complexity index is 547. The highest BCUT2D eigenvalue weighted by Crippen LogP contribution is 2.39. The molecule has 0 aliphatic heterocycles. The van der Waals surface area contributed by atoms with E-state index in [1.54, 1.807) is 11.3 Å². The number of thiophene rings is 1. The number of hydrogen-bond acceptors (Lipinski definition) is 2. The van der Waals surface area contributed by atoms with Gasteiger partial charge in [0.05, 0.1) is 4.34 Å². The number of fused-ring (bicyclic) bond motifs is 1. The predicted molar refractivity (Wildman–Crippen MR) is 78.7 cm³/mol. The van der Waals surface area contributed by atoms with Gasteiger partial charge in [0, 0.05) is 22.5 Å². The Morgan fingerprint density at radius 3 is 2.78 bits per heavy atom. The molecule has 1 nitrogen and oxygen atoms in total. The second-order valence-electron chi connectivity index (χ2n) is 4.53. The van der Waals surface area contributed by atoms with E-state index in [9.17, 15) is 0 Å². The maximum absolute atomic E-state index is 6.05. The number of aryl methyl sites for hydroxylation is 1. The Balaban J connectivity index is 1.66. The number of halogens is 2. The molecule has 1 unspecified atom stereocenters. The lowest BCUT2D eigenvalue weighted by Crippen LogP contribution is -2.18. The summed E-state index contributed by atoms with van der Waals surface area (Å²) in [5.41, 5.74) is 2.65. The lowest BCUT2D eigenvalue weighted by molar-refractivity contribution is 0.530. The third kappa shape index (κ3) is 2.57. The fraction of sp³-hybridized carbons (Fsp3) is 0.286. The maximum Gasteiger partial charge on any atom is 0.0934 e. The smallest absolute Gasteiger partial charge is 0.0934 e. The Hall–Kier alpha value is -0.540. The molecule has 1 atom stereocenters. The van der Waals surface area contributed by atoms with Crippen molar-refractivity contribution in [2.75, 3.05) is 0 Å². The van der Waals surface area contributed by atoms with Gasteiger partial charge in [0.2, 0.25) is 0 Å². The van der Waals surface area contributed by atoms with Gasteiger partial charge in [-0.1, -0.05) is 35.3 Å². The largest absolute Gasteiger partial charge is 0.306 e. The van der Waals surface area contributed by atoms with Crippen LogP contribution in [0.3, 0.4) is 0 Å². The average Bonchev–Trinajstić information content (AvgIpc) is 2.88. The summed E-state index contributed by atoms with van der Waals surface area (Å²) in [5, 5.41) is 4.38. The summed E-state index contributed by atoms with van der Waals surface area (Å²) in [6, 6.07) is 10.5. The highest BCUT2D eigenvalue weighted by atomic mass is 35.5. The Kier molecular flexibility index (Phi) is 3.62. The van der Waals surface area contributed by atoms with Crippen LogP contribution < -0.4 is 5.32 Å². The van der Waals surface area contributed by atoms with E-state index in [2.05, 4.69) is 23.5 Å². The molecular weight excluding hydrogens is 285 g/mol. The summed E-state index contributed by atoms with van der Waals surface area (Å²) < 4.78 is 0.901. The quantitative estimate of drug-likeness (QED) is 0.855. The number of benzene rings is 1. The molecule has 94 valence electrons. The van der Waals surface area contributed by atoms with Gasteiger partial charge in [-0.25, -0.2) is 0 Å². The van der Waals surface area contributed by atoms with Gasteiger partial charge < -0.3 is 5.32 Å². The van der Waals surface area contributed by atoms with Crippen LogP contribution in [0.25, 0.3) is 0 Å². The van der Waals surface area contributed by atoms with Gasteiger partial charge in [0.1, 0.15) is 0 Å². The van der Waals surface area contributed by atoms with Crippen LogP contribution in [-0.2, 0) is 13.0 Å². The maximum atomic E-state index is 6.05. The van der Waals surface area contributed by atoms with E-state index in [0.29, 0.717) is 6.04 Å². The first-order valence-electron chi connectivity index (χ1n) is 5.98. The molecule has 0 saturated carbocycles. The van der Waals surface area contributed by atoms with Crippen molar-refractivity contribution in [2.24, 2.45) is 0 Å². The minimum Gasteiger partial charge on any atom is -0.306 e. The third-order valence-electron chi connectivity index (χ3n) is 3.31. The van der Waals surface area contributed by atoms with Gasteiger partial charge in [-0.05, 0) is 42.2 Å². The summed E-state index contributed by atoms with van der Waals surface area (Å²) in [5.74, 6) is 0. The van der Waals surface area contributed by atoms with Crippen LogP contribution in [0, 0.1) is 0 Å². The van der Waals surface area contributed by atoms with Crippen molar-refractivity contribution in [2.45, 2.75) is 25.4 Å². The number of hydrogen-bond donors (Lipinski definition) is 1. The summed E-state index contributed by atoms with van der Waals surface area (Å²) >= 11 is 13.6. The van der Waals surface area contributed by atoms with Crippen molar-refractivity contribution in [1.29, 1.82) is 0 Å². The molecule has 0 saturated heterocycles. The van der Waals surface area contributed by atoms with Crippen LogP contribution >= 0.6 is 34.5 Å². The summed E-state index contributed by atoms with van der Waals surface area (Å²) in [4.78, 5) is 1.44. The van der Waals surface area contributed by atoms with Crippen molar-refractivity contribution < 1.29 is 0 Å². The molecule has 2 aromatic rings. The second kappa shape index (κ2) is 5.22. The lowest BCUT2D eigenvalue weighted by atomic mass is 10.1. The van der Waals surface area contributed by atoms with E-state index >= 15 is 0 Å². The standard InChI is InChI=1S/C14H13Cl2NS/c15-10-3-1-9(2-4-10)8-17-12-5-6-13-11(12)7-14(16)18-13/h1-4,7,12,17H,5-6,8H2. The number of nitrogens with one attached hydrogen (secondary N) is 1. The van der Waals surface area contributed by atoms with Crippen molar-refractivity contribution in [3.63, 3.8) is 0 Å². The minimum atomic E-state index is 0.444. The van der Waals surface area contributed by atoms with E-state index in [1.165, 1.54) is 22.4 Å². The average molecular weight is 298 g/mol. The zero-order chi connectivity index (χ0) is 12.5. The number of rotatable bonds is 3. The van der Waals surface area contributed by atoms with E-state index in [1.807, 2.05) is 12.1 Å². The van der Waals surface area contributed by atoms with Crippen LogP contribution in [0.1, 0.15) is 28.5 Å². The second-order valence-corrected chi connectivity index (χ2v) is 6.73. The zero-order valence-electron chi connectivity index (χ0n) is 9.75. The van der Waals surface area contributed by atoms with E-state index < -0.39 is 0 Å². The Morgan fingerprint density at radius 2 is 2.00 bits per heavy atom. The molecule has 0 amide bonds. The van der Waals surface area contributed by atoms with Crippen LogP contribution in [0.2, 0.25) is 9.36 Å². The SMILES string of the molecule is Clc1ccc(CNC2CCc3sc(Cl)cc32)cc1. The molecule has 1 aliphatic carbocycles. The van der Waals surface area contributed by atoms with Crippen molar-refractivity contribution in [1.82, 2.24) is 5.32 Å². The molecule has 1 aromatic carbocycles. The van der Waals surface area contributed by atoms with Crippen LogP contribution in [-0.4, -0.2) is 0 Å². The summed E-state index contributed by atoms with van der Waals surface area (Å²) in [7, 11) is 0. The molecule has 1 aliphatic rings. The van der Waals surface area contributed by atoms with Gasteiger partial charge in [-0.3, -0.25) is 0 Å². The third-order valence-corrected chi connectivity index (χ3v) is 4.90. The first kappa shape index (κ1) is 12.5. The summed E-state index contributed by atoms with van der Waals surface area (Å²) in [6.45, 7) is 0.870. The molecule has 1 heterocycles. The van der Waals surface area contributed by atoms with Gasteiger partial charge in [-0.15, -0.1) is 11.3 Å². The minimum absolute atomic E-state index is 0.444. The molecule has 18 heavy (non-hydrogen) atoms. The van der Waals surface area contributed by atoms with E-state index in [4.69, 9.17) is 23.2 Å². The Labute approximate surface area is 121 Å². The molecule has 0 bridgehead atoms. The molecule has 0 spiro atoms. The topological polar surface area (TPSA) is 12.0 Å². The monoisotopic (exact) mass is 297 g/mol.